The number of carbonyl (C=O) groups is 2. The van der Waals surface area contributed by atoms with Gasteiger partial charge in [0.05, 0.1) is 6.61 Å². The van der Waals surface area contributed by atoms with Crippen LogP contribution in [0.2, 0.25) is 0 Å². The number of hydrogen-bond donors (Lipinski definition) is 1. The predicted octanol–water partition coefficient (Wildman–Crippen LogP) is 3.43. The van der Waals surface area contributed by atoms with Crippen molar-refractivity contribution < 1.29 is 14.3 Å². The molecule has 0 aliphatic rings. The Bertz CT molecular complexity index is 737. The zero-order valence-corrected chi connectivity index (χ0v) is 16.3. The van der Waals surface area contributed by atoms with Crippen LogP contribution >= 0.6 is 0 Å². The minimum absolute atomic E-state index is 0.0166. The summed E-state index contributed by atoms with van der Waals surface area (Å²) < 4.78 is 5.60. The maximum Gasteiger partial charge on any atom is 0.220 e. The van der Waals surface area contributed by atoms with Gasteiger partial charge in [0, 0.05) is 25.1 Å². The highest BCUT2D eigenvalue weighted by molar-refractivity contribution is 5.94. The Balaban J connectivity index is 1.64. The molecule has 5 nitrogen and oxygen atoms in total. The van der Waals surface area contributed by atoms with Crippen LogP contribution in [-0.4, -0.2) is 37.3 Å². The van der Waals surface area contributed by atoms with E-state index in [1.807, 2.05) is 26.2 Å². The Labute approximate surface area is 161 Å². The first-order valence-electron chi connectivity index (χ1n) is 9.17. The Morgan fingerprint density at radius 2 is 1.59 bits per heavy atom. The number of rotatable bonds is 10. The topological polar surface area (TPSA) is 58.6 Å². The molecule has 27 heavy (non-hydrogen) atoms. The van der Waals surface area contributed by atoms with Crippen LogP contribution in [0, 0.1) is 0 Å². The number of hydrogen-bond acceptors (Lipinski definition) is 4. The second kappa shape index (κ2) is 10.5. The monoisotopic (exact) mass is 368 g/mol. The molecule has 0 heterocycles. The number of ketones is 1. The van der Waals surface area contributed by atoms with Crippen molar-refractivity contribution >= 4 is 11.7 Å². The van der Waals surface area contributed by atoms with Crippen molar-refractivity contribution in [2.24, 2.45) is 0 Å². The molecule has 1 amide bonds. The maximum atomic E-state index is 11.9. The molecule has 1 N–H and O–H groups in total. The summed E-state index contributed by atoms with van der Waals surface area (Å²) in [6, 6.07) is 15.3. The molecule has 2 aromatic carbocycles. The molecule has 2 aromatic rings. The van der Waals surface area contributed by atoms with Crippen molar-refractivity contribution in [2.75, 3.05) is 20.7 Å². The quantitative estimate of drug-likeness (QED) is 0.516. The highest BCUT2D eigenvalue weighted by Gasteiger charge is 2.03. The van der Waals surface area contributed by atoms with Crippen LogP contribution < -0.4 is 10.1 Å². The molecule has 0 bridgehead atoms. The highest BCUT2D eigenvalue weighted by atomic mass is 16.5. The number of benzene rings is 2. The summed E-state index contributed by atoms with van der Waals surface area (Å²) in [6.45, 7) is 3.44. The Hall–Kier alpha value is -2.66. The molecule has 0 atom stereocenters. The van der Waals surface area contributed by atoms with Crippen LogP contribution in [0.15, 0.2) is 48.5 Å². The van der Waals surface area contributed by atoms with Crippen molar-refractivity contribution in [1.82, 2.24) is 10.2 Å². The van der Waals surface area contributed by atoms with Gasteiger partial charge in [0.25, 0.3) is 0 Å². The molecule has 2 rings (SSSR count). The summed E-state index contributed by atoms with van der Waals surface area (Å²) >= 11 is 0. The van der Waals surface area contributed by atoms with Gasteiger partial charge in [-0.1, -0.05) is 24.3 Å². The fourth-order valence-corrected chi connectivity index (χ4v) is 2.63. The third kappa shape index (κ3) is 7.62. The van der Waals surface area contributed by atoms with Crippen LogP contribution in [0.25, 0.3) is 0 Å². The smallest absolute Gasteiger partial charge is 0.220 e. The Kier molecular flexibility index (Phi) is 8.01. The summed E-state index contributed by atoms with van der Waals surface area (Å²) in [5.74, 6) is 0.756. The number of amides is 1. The molecule has 0 spiro atoms. The molecule has 0 saturated heterocycles. The van der Waals surface area contributed by atoms with Crippen LogP contribution in [-0.2, 0) is 17.9 Å². The largest absolute Gasteiger partial charge is 0.494 e. The van der Waals surface area contributed by atoms with Gasteiger partial charge < -0.3 is 15.0 Å². The molecule has 0 radical (unpaired) electrons. The summed E-state index contributed by atoms with van der Waals surface area (Å²) in [6.07, 6.45) is 1.06. The molecule has 0 aromatic heterocycles. The van der Waals surface area contributed by atoms with Gasteiger partial charge in [-0.2, -0.15) is 0 Å². The Morgan fingerprint density at radius 3 is 2.19 bits per heavy atom. The second-order valence-electron chi connectivity index (χ2n) is 6.86. The summed E-state index contributed by atoms with van der Waals surface area (Å²) in [5, 5.41) is 2.94. The fourth-order valence-electron chi connectivity index (χ4n) is 2.63. The molecular formula is C22H28N2O3. The first kappa shape index (κ1) is 20.6. The van der Waals surface area contributed by atoms with Crippen molar-refractivity contribution in [2.45, 2.75) is 32.9 Å². The molecule has 5 heteroatoms. The lowest BCUT2D eigenvalue weighted by atomic mass is 10.1. The summed E-state index contributed by atoms with van der Waals surface area (Å²) in [7, 11) is 4.08. The normalized spacial score (nSPS) is 10.7. The minimum atomic E-state index is 0.0166. The lowest BCUT2D eigenvalue weighted by Crippen LogP contribution is -2.23. The van der Waals surface area contributed by atoms with Crippen molar-refractivity contribution in [3.63, 3.8) is 0 Å². The molecule has 0 saturated carbocycles. The van der Waals surface area contributed by atoms with E-state index in [0.29, 0.717) is 37.3 Å². The number of nitrogens with zero attached hydrogens (tertiary/aromatic N) is 1. The third-order valence-electron chi connectivity index (χ3n) is 4.09. The first-order valence-corrected chi connectivity index (χ1v) is 9.17. The van der Waals surface area contributed by atoms with Gasteiger partial charge in [-0.15, -0.1) is 0 Å². The van der Waals surface area contributed by atoms with Gasteiger partial charge in [0.1, 0.15) is 5.75 Å². The third-order valence-corrected chi connectivity index (χ3v) is 4.09. The molecular weight excluding hydrogens is 340 g/mol. The number of nitrogens with one attached hydrogen (secondary N) is 1. The zero-order valence-electron chi connectivity index (χ0n) is 16.3. The van der Waals surface area contributed by atoms with Gasteiger partial charge in [-0.3, -0.25) is 9.59 Å². The molecule has 0 aliphatic carbocycles. The average molecular weight is 368 g/mol. The van der Waals surface area contributed by atoms with Gasteiger partial charge in [0.15, 0.2) is 5.78 Å². The molecule has 144 valence electrons. The Morgan fingerprint density at radius 1 is 0.963 bits per heavy atom. The number of Topliss-reactive ketones (excluding diaryl/α,β-unsaturated/α-hetero) is 1. The van der Waals surface area contributed by atoms with E-state index >= 15 is 0 Å². The number of ether oxygens (including phenoxy) is 1. The van der Waals surface area contributed by atoms with Crippen molar-refractivity contribution in [3.05, 3.63) is 65.2 Å². The second-order valence-corrected chi connectivity index (χ2v) is 6.86. The fraction of sp³-hybridized carbons (Fsp3) is 0.364. The van der Waals surface area contributed by atoms with Gasteiger partial charge in [0.2, 0.25) is 5.91 Å². The van der Waals surface area contributed by atoms with Crippen LogP contribution in [0.5, 0.6) is 5.75 Å². The van der Waals surface area contributed by atoms with E-state index in [0.717, 1.165) is 12.1 Å². The lowest BCUT2D eigenvalue weighted by molar-refractivity contribution is -0.121. The summed E-state index contributed by atoms with van der Waals surface area (Å²) in [4.78, 5) is 25.3. The van der Waals surface area contributed by atoms with E-state index in [-0.39, 0.29) is 11.7 Å². The lowest BCUT2D eigenvalue weighted by Gasteiger charge is -2.10. The van der Waals surface area contributed by atoms with E-state index < -0.39 is 0 Å². The first-order chi connectivity index (χ1) is 12.9. The average Bonchev–Trinajstić information content (AvgIpc) is 2.64. The van der Waals surface area contributed by atoms with Gasteiger partial charge >= 0.3 is 0 Å². The zero-order chi connectivity index (χ0) is 19.6. The van der Waals surface area contributed by atoms with Crippen LogP contribution in [0.4, 0.5) is 0 Å². The molecule has 0 unspecified atom stereocenters. The number of carbonyl (C=O) groups excluding carboxylic acids is 2. The van der Waals surface area contributed by atoms with Crippen LogP contribution in [0.1, 0.15) is 41.3 Å². The van der Waals surface area contributed by atoms with Gasteiger partial charge in [-0.25, -0.2) is 0 Å². The van der Waals surface area contributed by atoms with E-state index in [2.05, 4.69) is 22.3 Å². The van der Waals surface area contributed by atoms with Crippen LogP contribution in [0.3, 0.4) is 0 Å². The van der Waals surface area contributed by atoms with E-state index in [4.69, 9.17) is 4.74 Å². The SMILES string of the molecule is CC(=O)c1ccc(OCCCC(=O)NCc2ccc(CN(C)C)cc2)cc1. The summed E-state index contributed by atoms with van der Waals surface area (Å²) in [5.41, 5.74) is 3.01. The van der Waals surface area contributed by atoms with Crippen molar-refractivity contribution in [3.8, 4) is 5.75 Å². The van der Waals surface area contributed by atoms with Gasteiger partial charge in [-0.05, 0) is 62.8 Å². The van der Waals surface area contributed by atoms with E-state index in [1.54, 1.807) is 24.3 Å². The highest BCUT2D eigenvalue weighted by Crippen LogP contribution is 2.13. The maximum absolute atomic E-state index is 11.9. The molecule has 0 fully saturated rings. The van der Waals surface area contributed by atoms with E-state index in [9.17, 15) is 9.59 Å². The molecule has 0 aliphatic heterocycles. The van der Waals surface area contributed by atoms with E-state index in [1.165, 1.54) is 12.5 Å². The minimum Gasteiger partial charge on any atom is -0.494 e. The predicted molar refractivity (Wildman–Crippen MR) is 107 cm³/mol. The van der Waals surface area contributed by atoms with Crippen molar-refractivity contribution in [1.29, 1.82) is 0 Å². The standard InChI is InChI=1S/C22H28N2O3/c1-17(25)20-10-12-21(13-11-20)27-14-4-5-22(26)23-15-18-6-8-19(9-7-18)16-24(2)3/h6-13H,4-5,14-16H2,1-3H3,(H,23,26).